The number of aromatic nitrogens is 2. The van der Waals surface area contributed by atoms with Crippen molar-refractivity contribution in [2.24, 2.45) is 5.41 Å². The maximum Gasteiger partial charge on any atom is 0.223 e. The van der Waals surface area contributed by atoms with Crippen LogP contribution in [0, 0.1) is 5.41 Å². The Hall–Kier alpha value is -1.56. The largest absolute Gasteiger partial charge is 0.385 e. The number of nitrogens with zero attached hydrogens (tertiary/aromatic N) is 2. The molecule has 0 aliphatic carbocycles. The molecule has 4 N–H and O–H groups in total. The molecule has 0 bridgehead atoms. The molecule has 20 heavy (non-hydrogen) atoms. The Kier molecular flexibility index (Phi) is 6.51. The highest BCUT2D eigenvalue weighted by atomic mass is 16.5. The van der Waals surface area contributed by atoms with Gasteiger partial charge >= 0.3 is 0 Å². The standard InChI is InChI=1S/C14H27N5O/c1-5-7-16-11-9-12(19-13(15)18-11)17-10-14(2,3)6-8-20-4/h9H,5-8,10H2,1-4H3,(H4,15,16,17,18,19). The summed E-state index contributed by atoms with van der Waals surface area (Å²) in [5, 5.41) is 6.54. The van der Waals surface area contributed by atoms with Gasteiger partial charge in [-0.25, -0.2) is 0 Å². The van der Waals surface area contributed by atoms with Crippen molar-refractivity contribution in [3.63, 3.8) is 0 Å². The van der Waals surface area contributed by atoms with Gasteiger partial charge in [0.05, 0.1) is 0 Å². The fourth-order valence-corrected chi connectivity index (χ4v) is 1.70. The average Bonchev–Trinajstić information content (AvgIpc) is 2.40. The number of hydrogen-bond acceptors (Lipinski definition) is 6. The molecule has 0 aliphatic heterocycles. The van der Waals surface area contributed by atoms with Crippen LogP contribution in [0.1, 0.15) is 33.6 Å². The Balaban J connectivity index is 2.60. The minimum absolute atomic E-state index is 0.132. The Bertz CT molecular complexity index is 409. The molecule has 1 rings (SSSR count). The third-order valence-corrected chi connectivity index (χ3v) is 3.03. The van der Waals surface area contributed by atoms with E-state index in [9.17, 15) is 0 Å². The van der Waals surface area contributed by atoms with E-state index in [1.807, 2.05) is 6.07 Å². The SMILES string of the molecule is CCCNc1cc(NCC(C)(C)CCOC)nc(N)n1. The molecule has 1 heterocycles. The van der Waals surface area contributed by atoms with Crippen LogP contribution in [0.3, 0.4) is 0 Å². The molecule has 0 fully saturated rings. The van der Waals surface area contributed by atoms with E-state index in [1.165, 1.54) is 0 Å². The summed E-state index contributed by atoms with van der Waals surface area (Å²) < 4.78 is 5.13. The molecular weight excluding hydrogens is 254 g/mol. The number of ether oxygens (including phenoxy) is 1. The second-order valence-corrected chi connectivity index (χ2v) is 5.68. The molecular formula is C14H27N5O. The van der Waals surface area contributed by atoms with E-state index >= 15 is 0 Å². The van der Waals surface area contributed by atoms with Gasteiger partial charge in [-0.1, -0.05) is 20.8 Å². The number of anilines is 3. The van der Waals surface area contributed by atoms with Gasteiger partial charge in [-0.3, -0.25) is 0 Å². The van der Waals surface area contributed by atoms with Crippen molar-refractivity contribution in [1.82, 2.24) is 9.97 Å². The van der Waals surface area contributed by atoms with Crippen molar-refractivity contribution >= 4 is 17.6 Å². The van der Waals surface area contributed by atoms with Gasteiger partial charge in [0.2, 0.25) is 5.95 Å². The minimum atomic E-state index is 0.132. The van der Waals surface area contributed by atoms with Gasteiger partial charge in [0.15, 0.2) is 0 Å². The monoisotopic (exact) mass is 281 g/mol. The smallest absolute Gasteiger partial charge is 0.223 e. The quantitative estimate of drug-likeness (QED) is 0.644. The maximum atomic E-state index is 5.73. The first-order valence-electron chi connectivity index (χ1n) is 7.08. The molecule has 0 aliphatic rings. The van der Waals surface area contributed by atoms with E-state index in [4.69, 9.17) is 10.5 Å². The molecule has 0 spiro atoms. The molecule has 1 aromatic heterocycles. The third-order valence-electron chi connectivity index (χ3n) is 3.03. The zero-order valence-electron chi connectivity index (χ0n) is 13.0. The van der Waals surface area contributed by atoms with Crippen LogP contribution < -0.4 is 16.4 Å². The normalized spacial score (nSPS) is 11.4. The molecule has 6 heteroatoms. The summed E-state index contributed by atoms with van der Waals surface area (Å²) in [7, 11) is 1.72. The van der Waals surface area contributed by atoms with Crippen molar-refractivity contribution in [3.05, 3.63) is 6.07 Å². The second-order valence-electron chi connectivity index (χ2n) is 5.68. The van der Waals surface area contributed by atoms with Crippen LogP contribution in [-0.2, 0) is 4.74 Å². The van der Waals surface area contributed by atoms with Crippen LogP contribution in [0.5, 0.6) is 0 Å². The summed E-state index contributed by atoms with van der Waals surface area (Å²) in [6.07, 6.45) is 2.02. The summed E-state index contributed by atoms with van der Waals surface area (Å²) in [6, 6.07) is 1.89. The predicted octanol–water partition coefficient (Wildman–Crippen LogP) is 2.36. The topological polar surface area (TPSA) is 85.1 Å². The lowest BCUT2D eigenvalue weighted by Gasteiger charge is -2.25. The van der Waals surface area contributed by atoms with Crippen LogP contribution in [0.15, 0.2) is 6.07 Å². The fourth-order valence-electron chi connectivity index (χ4n) is 1.70. The third kappa shape index (κ3) is 6.06. The second kappa shape index (κ2) is 7.89. The van der Waals surface area contributed by atoms with E-state index in [0.717, 1.165) is 44.2 Å². The van der Waals surface area contributed by atoms with E-state index in [1.54, 1.807) is 7.11 Å². The lowest BCUT2D eigenvalue weighted by molar-refractivity contribution is 0.157. The first kappa shape index (κ1) is 16.5. The van der Waals surface area contributed by atoms with Crippen molar-refractivity contribution in [2.75, 3.05) is 43.2 Å². The molecule has 0 unspecified atom stereocenters. The highest BCUT2D eigenvalue weighted by Gasteiger charge is 2.17. The van der Waals surface area contributed by atoms with Crippen LogP contribution in [0.25, 0.3) is 0 Å². The fraction of sp³-hybridized carbons (Fsp3) is 0.714. The number of methoxy groups -OCH3 is 1. The van der Waals surface area contributed by atoms with Gasteiger partial charge in [0, 0.05) is 32.9 Å². The van der Waals surface area contributed by atoms with Crippen LogP contribution in [0.4, 0.5) is 17.6 Å². The molecule has 0 aromatic carbocycles. The summed E-state index contributed by atoms with van der Waals surface area (Å²) in [6.45, 7) is 8.92. The number of rotatable bonds is 9. The van der Waals surface area contributed by atoms with Gasteiger partial charge in [0.25, 0.3) is 0 Å². The maximum absolute atomic E-state index is 5.73. The predicted molar refractivity (Wildman–Crippen MR) is 84.0 cm³/mol. The van der Waals surface area contributed by atoms with E-state index in [-0.39, 0.29) is 11.4 Å². The van der Waals surface area contributed by atoms with Crippen molar-refractivity contribution in [1.29, 1.82) is 0 Å². The number of hydrogen-bond donors (Lipinski definition) is 3. The van der Waals surface area contributed by atoms with Crippen LogP contribution in [-0.4, -0.2) is 36.8 Å². The molecule has 0 amide bonds. The summed E-state index contributed by atoms with van der Waals surface area (Å²) in [5.74, 6) is 1.79. The van der Waals surface area contributed by atoms with Gasteiger partial charge in [-0.15, -0.1) is 0 Å². The van der Waals surface area contributed by atoms with Crippen molar-refractivity contribution in [3.8, 4) is 0 Å². The molecule has 1 aromatic rings. The first-order chi connectivity index (χ1) is 9.46. The number of nitrogens with two attached hydrogens (primary N) is 1. The number of nitrogens with one attached hydrogen (secondary N) is 2. The van der Waals surface area contributed by atoms with E-state index in [0.29, 0.717) is 0 Å². The van der Waals surface area contributed by atoms with Gasteiger partial charge in [-0.2, -0.15) is 9.97 Å². The summed E-state index contributed by atoms with van der Waals surface area (Å²) >= 11 is 0. The van der Waals surface area contributed by atoms with Crippen molar-refractivity contribution in [2.45, 2.75) is 33.6 Å². The molecule has 0 saturated heterocycles. The minimum Gasteiger partial charge on any atom is -0.385 e. The molecule has 0 saturated carbocycles. The number of nitrogen functional groups attached to an aromatic ring is 1. The van der Waals surface area contributed by atoms with E-state index in [2.05, 4.69) is 41.4 Å². The van der Waals surface area contributed by atoms with Crippen molar-refractivity contribution < 1.29 is 4.74 Å². The van der Waals surface area contributed by atoms with Crippen LogP contribution >= 0.6 is 0 Å². The lowest BCUT2D eigenvalue weighted by Crippen LogP contribution is -2.25. The Morgan fingerprint density at radius 1 is 1.25 bits per heavy atom. The lowest BCUT2D eigenvalue weighted by atomic mass is 9.90. The first-order valence-corrected chi connectivity index (χ1v) is 7.08. The Labute approximate surface area is 121 Å². The summed E-state index contributed by atoms with van der Waals surface area (Å²) in [4.78, 5) is 8.37. The molecule has 114 valence electrons. The highest BCUT2D eigenvalue weighted by Crippen LogP contribution is 2.21. The molecule has 6 nitrogen and oxygen atoms in total. The zero-order chi connectivity index (χ0) is 15.0. The highest BCUT2D eigenvalue weighted by molar-refractivity contribution is 5.51. The molecule has 0 atom stereocenters. The van der Waals surface area contributed by atoms with Gasteiger partial charge in [0.1, 0.15) is 11.6 Å². The molecule has 0 radical (unpaired) electrons. The zero-order valence-corrected chi connectivity index (χ0v) is 13.0. The Morgan fingerprint density at radius 2 is 1.90 bits per heavy atom. The van der Waals surface area contributed by atoms with Crippen LogP contribution in [0.2, 0.25) is 0 Å². The average molecular weight is 281 g/mol. The van der Waals surface area contributed by atoms with E-state index < -0.39 is 0 Å². The Morgan fingerprint density at radius 3 is 2.50 bits per heavy atom. The summed E-state index contributed by atoms with van der Waals surface area (Å²) in [5.41, 5.74) is 5.86. The van der Waals surface area contributed by atoms with Gasteiger partial charge < -0.3 is 21.1 Å². The van der Waals surface area contributed by atoms with Gasteiger partial charge in [-0.05, 0) is 18.3 Å².